The second-order valence-corrected chi connectivity index (χ2v) is 6.26. The molecule has 1 nitrogen and oxygen atoms in total. The van der Waals surface area contributed by atoms with E-state index in [1.54, 1.807) is 12.1 Å². The third-order valence-corrected chi connectivity index (χ3v) is 4.89. The number of halogens is 3. The van der Waals surface area contributed by atoms with E-state index in [2.05, 4.69) is 31.9 Å². The minimum atomic E-state index is -0.968. The van der Waals surface area contributed by atoms with Gasteiger partial charge in [0.05, 0.1) is 0 Å². The van der Waals surface area contributed by atoms with Gasteiger partial charge in [0.1, 0.15) is 11.9 Å². The second kappa shape index (κ2) is 5.73. The molecule has 0 heterocycles. The zero-order valence-electron chi connectivity index (χ0n) is 10.5. The summed E-state index contributed by atoms with van der Waals surface area (Å²) in [7, 11) is 0. The van der Waals surface area contributed by atoms with Crippen molar-refractivity contribution in [1.82, 2.24) is 0 Å². The summed E-state index contributed by atoms with van der Waals surface area (Å²) in [4.78, 5) is 0. The van der Waals surface area contributed by atoms with Gasteiger partial charge in [-0.15, -0.1) is 0 Å². The maximum absolute atomic E-state index is 14.0. The van der Waals surface area contributed by atoms with Gasteiger partial charge in [-0.05, 0) is 80.6 Å². The number of aliphatic hydroxyl groups excluding tert-OH is 1. The first kappa shape index (κ1) is 14.7. The number of hydrogen-bond donors (Lipinski definition) is 1. The summed E-state index contributed by atoms with van der Waals surface area (Å²) >= 11 is 6.75. The Labute approximate surface area is 128 Å². The van der Waals surface area contributed by atoms with Crippen molar-refractivity contribution in [3.05, 3.63) is 67.3 Å². The first-order valence-electron chi connectivity index (χ1n) is 5.80. The van der Waals surface area contributed by atoms with Gasteiger partial charge in [0.15, 0.2) is 0 Å². The number of aryl methyl sites for hydroxylation is 2. The van der Waals surface area contributed by atoms with Crippen LogP contribution >= 0.6 is 31.9 Å². The molecule has 1 unspecified atom stereocenters. The molecule has 19 heavy (non-hydrogen) atoms. The molecule has 0 aliphatic rings. The van der Waals surface area contributed by atoms with Gasteiger partial charge in [-0.2, -0.15) is 0 Å². The minimum Gasteiger partial charge on any atom is -0.384 e. The van der Waals surface area contributed by atoms with Gasteiger partial charge >= 0.3 is 0 Å². The molecule has 0 fully saturated rings. The Morgan fingerprint density at radius 1 is 1.05 bits per heavy atom. The molecule has 0 aromatic heterocycles. The Morgan fingerprint density at radius 2 is 1.74 bits per heavy atom. The van der Waals surface area contributed by atoms with E-state index in [9.17, 15) is 9.50 Å². The third-order valence-electron chi connectivity index (χ3n) is 3.01. The van der Waals surface area contributed by atoms with Crippen LogP contribution in [0.15, 0.2) is 39.3 Å². The van der Waals surface area contributed by atoms with Crippen LogP contribution in [-0.2, 0) is 0 Å². The van der Waals surface area contributed by atoms with E-state index >= 15 is 0 Å². The molecule has 0 aliphatic carbocycles. The van der Waals surface area contributed by atoms with E-state index in [4.69, 9.17) is 0 Å². The van der Waals surface area contributed by atoms with Gasteiger partial charge in [-0.3, -0.25) is 0 Å². The molecule has 2 rings (SSSR count). The minimum absolute atomic E-state index is 0.333. The van der Waals surface area contributed by atoms with Crippen LogP contribution in [0.5, 0.6) is 0 Å². The standard InChI is InChI=1S/C15H13Br2FO/c1-8-5-9(2)14(13(18)6-8)15(19)10-3-4-11(16)12(17)7-10/h3-7,15,19H,1-2H3. The van der Waals surface area contributed by atoms with Gasteiger partial charge in [0.25, 0.3) is 0 Å². The quantitative estimate of drug-likeness (QED) is 0.764. The average molecular weight is 388 g/mol. The first-order valence-corrected chi connectivity index (χ1v) is 7.38. The van der Waals surface area contributed by atoms with Crippen molar-refractivity contribution in [3.8, 4) is 0 Å². The van der Waals surface area contributed by atoms with Crippen molar-refractivity contribution in [3.63, 3.8) is 0 Å². The van der Waals surface area contributed by atoms with Gasteiger partial charge in [0.2, 0.25) is 0 Å². The average Bonchev–Trinajstić information content (AvgIpc) is 2.31. The molecular formula is C15H13Br2FO. The molecule has 2 aromatic rings. The highest BCUT2D eigenvalue weighted by atomic mass is 79.9. The molecule has 0 saturated carbocycles. The summed E-state index contributed by atoms with van der Waals surface area (Å²) in [6, 6.07) is 8.70. The van der Waals surface area contributed by atoms with E-state index in [1.165, 1.54) is 6.07 Å². The molecule has 0 saturated heterocycles. The Bertz CT molecular complexity index is 603. The maximum Gasteiger partial charge on any atom is 0.129 e. The van der Waals surface area contributed by atoms with Crippen LogP contribution in [-0.4, -0.2) is 5.11 Å². The molecule has 4 heteroatoms. The van der Waals surface area contributed by atoms with Gasteiger partial charge < -0.3 is 5.11 Å². The van der Waals surface area contributed by atoms with Crippen LogP contribution in [0.3, 0.4) is 0 Å². The number of benzene rings is 2. The summed E-state index contributed by atoms with van der Waals surface area (Å²) < 4.78 is 15.8. The first-order chi connectivity index (χ1) is 8.90. The molecule has 1 N–H and O–H groups in total. The van der Waals surface area contributed by atoms with E-state index in [1.807, 2.05) is 26.0 Å². The van der Waals surface area contributed by atoms with Crippen LogP contribution in [0.1, 0.15) is 28.4 Å². The molecule has 1 atom stereocenters. The molecule has 0 spiro atoms. The SMILES string of the molecule is Cc1cc(C)c(C(O)c2ccc(Br)c(Br)c2)c(F)c1. The highest BCUT2D eigenvalue weighted by molar-refractivity contribution is 9.13. The Morgan fingerprint density at radius 3 is 2.32 bits per heavy atom. The maximum atomic E-state index is 14.0. The summed E-state index contributed by atoms with van der Waals surface area (Å²) in [5.41, 5.74) is 2.59. The van der Waals surface area contributed by atoms with Crippen molar-refractivity contribution in [2.45, 2.75) is 20.0 Å². The predicted molar refractivity (Wildman–Crippen MR) is 81.8 cm³/mol. The van der Waals surface area contributed by atoms with Gasteiger partial charge in [-0.25, -0.2) is 4.39 Å². The monoisotopic (exact) mass is 386 g/mol. The van der Waals surface area contributed by atoms with Crippen LogP contribution < -0.4 is 0 Å². The van der Waals surface area contributed by atoms with E-state index in [0.29, 0.717) is 11.1 Å². The van der Waals surface area contributed by atoms with E-state index in [-0.39, 0.29) is 5.82 Å². The Balaban J connectivity index is 2.49. The van der Waals surface area contributed by atoms with E-state index < -0.39 is 6.10 Å². The van der Waals surface area contributed by atoms with Crippen molar-refractivity contribution >= 4 is 31.9 Å². The van der Waals surface area contributed by atoms with Crippen molar-refractivity contribution < 1.29 is 9.50 Å². The van der Waals surface area contributed by atoms with Crippen LogP contribution in [0, 0.1) is 19.7 Å². The normalized spacial score (nSPS) is 12.5. The van der Waals surface area contributed by atoms with Gasteiger partial charge in [-0.1, -0.05) is 12.1 Å². The van der Waals surface area contributed by atoms with Gasteiger partial charge in [0, 0.05) is 14.5 Å². The topological polar surface area (TPSA) is 20.2 Å². The molecular weight excluding hydrogens is 375 g/mol. The largest absolute Gasteiger partial charge is 0.384 e. The van der Waals surface area contributed by atoms with Crippen LogP contribution in [0.4, 0.5) is 4.39 Å². The third kappa shape index (κ3) is 3.07. The highest BCUT2D eigenvalue weighted by Gasteiger charge is 2.18. The fraction of sp³-hybridized carbons (Fsp3) is 0.200. The zero-order valence-corrected chi connectivity index (χ0v) is 13.7. The lowest BCUT2D eigenvalue weighted by molar-refractivity contribution is 0.214. The second-order valence-electron chi connectivity index (χ2n) is 4.55. The predicted octanol–water partition coefficient (Wildman–Crippen LogP) is 5.05. The molecule has 100 valence electrons. The molecule has 0 amide bonds. The number of rotatable bonds is 2. The Hall–Kier alpha value is -0.710. The lowest BCUT2D eigenvalue weighted by Crippen LogP contribution is -2.06. The molecule has 0 aliphatic heterocycles. The zero-order chi connectivity index (χ0) is 14.2. The summed E-state index contributed by atoms with van der Waals surface area (Å²) in [6.45, 7) is 3.64. The fourth-order valence-corrected chi connectivity index (χ4v) is 2.77. The van der Waals surface area contributed by atoms with Crippen molar-refractivity contribution in [2.75, 3.05) is 0 Å². The number of hydrogen-bond acceptors (Lipinski definition) is 1. The summed E-state index contributed by atoms with van der Waals surface area (Å²) in [5, 5.41) is 10.4. The smallest absolute Gasteiger partial charge is 0.129 e. The lowest BCUT2D eigenvalue weighted by Gasteiger charge is -2.16. The van der Waals surface area contributed by atoms with E-state index in [0.717, 1.165) is 20.1 Å². The molecule has 2 aromatic carbocycles. The molecule has 0 bridgehead atoms. The summed E-state index contributed by atoms with van der Waals surface area (Å²) in [5.74, 6) is -0.371. The van der Waals surface area contributed by atoms with Crippen LogP contribution in [0.2, 0.25) is 0 Å². The van der Waals surface area contributed by atoms with Crippen molar-refractivity contribution in [1.29, 1.82) is 0 Å². The lowest BCUT2D eigenvalue weighted by atomic mass is 9.95. The van der Waals surface area contributed by atoms with Crippen molar-refractivity contribution in [2.24, 2.45) is 0 Å². The van der Waals surface area contributed by atoms with Crippen LogP contribution in [0.25, 0.3) is 0 Å². The fourth-order valence-electron chi connectivity index (χ4n) is 2.12. The number of aliphatic hydroxyl groups is 1. The highest BCUT2D eigenvalue weighted by Crippen LogP contribution is 2.32. The molecule has 0 radical (unpaired) electrons. The Kier molecular flexibility index (Phi) is 4.43. The summed E-state index contributed by atoms with van der Waals surface area (Å²) in [6.07, 6.45) is -0.968.